The fourth-order valence-electron chi connectivity index (χ4n) is 2.51. The fraction of sp³-hybridized carbons (Fsp3) is 0.350. The van der Waals surface area contributed by atoms with E-state index in [1.807, 2.05) is 43.3 Å². The Morgan fingerprint density at radius 3 is 2.46 bits per heavy atom. The molecule has 0 saturated carbocycles. The van der Waals surface area contributed by atoms with Crippen molar-refractivity contribution in [3.05, 3.63) is 71.5 Å². The molecule has 6 heteroatoms. The van der Waals surface area contributed by atoms with Gasteiger partial charge in [0.1, 0.15) is 5.82 Å². The van der Waals surface area contributed by atoms with Crippen molar-refractivity contribution in [1.29, 1.82) is 0 Å². The summed E-state index contributed by atoms with van der Waals surface area (Å²) in [4.78, 5) is 4.41. The average molecular weight is 471 g/mol. The molecular formula is C20H27FIN3O. The van der Waals surface area contributed by atoms with Crippen LogP contribution in [0, 0.1) is 5.82 Å². The second-order valence-electron chi connectivity index (χ2n) is 5.83. The zero-order valence-corrected chi connectivity index (χ0v) is 17.3. The maximum atomic E-state index is 13.6. The lowest BCUT2D eigenvalue weighted by Crippen LogP contribution is -2.39. The lowest BCUT2D eigenvalue weighted by atomic mass is 10.1. The van der Waals surface area contributed by atoms with Crippen LogP contribution in [0.2, 0.25) is 0 Å². The number of aliphatic hydroxyl groups excluding tert-OH is 1. The topological polar surface area (TPSA) is 56.7 Å². The molecule has 2 aromatic carbocycles. The molecule has 0 heterocycles. The molecule has 1 unspecified atom stereocenters. The minimum absolute atomic E-state index is 0. The SMILES string of the molecule is CCNC(=NCC(O)Cc1ccccc1)NCCc1ccccc1F.I. The van der Waals surface area contributed by atoms with Crippen LogP contribution in [0.25, 0.3) is 0 Å². The molecule has 142 valence electrons. The Bertz CT molecular complexity index is 667. The van der Waals surface area contributed by atoms with E-state index in [0.29, 0.717) is 37.5 Å². The third-order valence-corrected chi connectivity index (χ3v) is 3.76. The molecule has 0 aliphatic heterocycles. The van der Waals surface area contributed by atoms with Crippen LogP contribution in [-0.2, 0) is 12.8 Å². The van der Waals surface area contributed by atoms with Crippen LogP contribution >= 0.6 is 24.0 Å². The Morgan fingerprint density at radius 2 is 1.77 bits per heavy atom. The summed E-state index contributed by atoms with van der Waals surface area (Å²) in [5.74, 6) is 0.440. The molecule has 26 heavy (non-hydrogen) atoms. The van der Waals surface area contributed by atoms with Crippen LogP contribution in [0.1, 0.15) is 18.1 Å². The van der Waals surface area contributed by atoms with E-state index in [0.717, 1.165) is 12.1 Å². The van der Waals surface area contributed by atoms with Crippen molar-refractivity contribution in [3.8, 4) is 0 Å². The molecule has 2 rings (SSSR count). The third-order valence-electron chi connectivity index (χ3n) is 3.76. The highest BCUT2D eigenvalue weighted by atomic mass is 127. The predicted octanol–water partition coefficient (Wildman–Crippen LogP) is 3.14. The molecule has 4 nitrogen and oxygen atoms in total. The van der Waals surface area contributed by atoms with Gasteiger partial charge in [0.05, 0.1) is 12.6 Å². The minimum atomic E-state index is -0.538. The van der Waals surface area contributed by atoms with Crippen molar-refractivity contribution in [2.75, 3.05) is 19.6 Å². The number of guanidine groups is 1. The van der Waals surface area contributed by atoms with Gasteiger partial charge >= 0.3 is 0 Å². The largest absolute Gasteiger partial charge is 0.391 e. The zero-order valence-electron chi connectivity index (χ0n) is 15.0. The molecule has 1 atom stereocenters. The molecule has 2 aromatic rings. The number of aliphatic imine (C=N–C) groups is 1. The number of benzene rings is 2. The van der Waals surface area contributed by atoms with E-state index in [1.165, 1.54) is 6.07 Å². The van der Waals surface area contributed by atoms with Gasteiger partial charge in [-0.1, -0.05) is 48.5 Å². The number of rotatable bonds is 8. The monoisotopic (exact) mass is 471 g/mol. The van der Waals surface area contributed by atoms with Gasteiger partial charge < -0.3 is 15.7 Å². The normalized spacial score (nSPS) is 12.2. The summed E-state index contributed by atoms with van der Waals surface area (Å²) in [6.45, 7) is 3.58. The molecule has 0 fully saturated rings. The van der Waals surface area contributed by atoms with E-state index >= 15 is 0 Å². The summed E-state index contributed by atoms with van der Waals surface area (Å²) in [5, 5.41) is 16.5. The minimum Gasteiger partial charge on any atom is -0.391 e. The van der Waals surface area contributed by atoms with E-state index in [-0.39, 0.29) is 29.8 Å². The standard InChI is InChI=1S/C20H26FN3O.HI/c1-2-22-20(23-13-12-17-10-6-7-11-19(17)21)24-15-18(25)14-16-8-4-3-5-9-16;/h3-11,18,25H,2,12-15H2,1H3,(H2,22,23,24);1H. The number of halogens is 2. The van der Waals surface area contributed by atoms with Crippen molar-refractivity contribution < 1.29 is 9.50 Å². The van der Waals surface area contributed by atoms with Gasteiger partial charge in [0, 0.05) is 19.5 Å². The van der Waals surface area contributed by atoms with Crippen molar-refractivity contribution >= 4 is 29.9 Å². The molecule has 0 radical (unpaired) electrons. The van der Waals surface area contributed by atoms with Crippen molar-refractivity contribution in [3.63, 3.8) is 0 Å². The van der Waals surface area contributed by atoms with Crippen LogP contribution in [0.3, 0.4) is 0 Å². The maximum Gasteiger partial charge on any atom is 0.191 e. The first kappa shape index (κ1) is 22.4. The number of hydrogen-bond acceptors (Lipinski definition) is 2. The Kier molecular flexibility index (Phi) is 10.9. The van der Waals surface area contributed by atoms with Crippen LogP contribution in [0.15, 0.2) is 59.6 Å². The van der Waals surface area contributed by atoms with Crippen LogP contribution in [0.4, 0.5) is 4.39 Å². The molecule has 3 N–H and O–H groups in total. The Hall–Kier alpha value is -1.67. The van der Waals surface area contributed by atoms with Crippen molar-refractivity contribution in [2.45, 2.75) is 25.9 Å². The second-order valence-corrected chi connectivity index (χ2v) is 5.83. The average Bonchev–Trinajstić information content (AvgIpc) is 2.62. The number of nitrogens with one attached hydrogen (secondary N) is 2. The number of aliphatic hydroxyl groups is 1. The van der Waals surface area contributed by atoms with Gasteiger partial charge in [-0.05, 0) is 30.5 Å². The van der Waals surface area contributed by atoms with Crippen LogP contribution < -0.4 is 10.6 Å². The lowest BCUT2D eigenvalue weighted by Gasteiger charge is -2.13. The van der Waals surface area contributed by atoms with Gasteiger partial charge in [0.2, 0.25) is 0 Å². The first-order valence-corrected chi connectivity index (χ1v) is 8.66. The summed E-state index contributed by atoms with van der Waals surface area (Å²) in [6, 6.07) is 16.6. The molecular weight excluding hydrogens is 444 g/mol. The number of nitrogens with zero attached hydrogens (tertiary/aromatic N) is 1. The summed E-state index contributed by atoms with van der Waals surface area (Å²) in [7, 11) is 0. The van der Waals surface area contributed by atoms with Gasteiger partial charge in [-0.25, -0.2) is 4.39 Å². The number of hydrogen-bond donors (Lipinski definition) is 3. The van der Waals surface area contributed by atoms with E-state index in [4.69, 9.17) is 0 Å². The maximum absolute atomic E-state index is 13.6. The van der Waals surface area contributed by atoms with Gasteiger partial charge in [0.25, 0.3) is 0 Å². The smallest absolute Gasteiger partial charge is 0.191 e. The predicted molar refractivity (Wildman–Crippen MR) is 116 cm³/mol. The zero-order chi connectivity index (χ0) is 17.9. The van der Waals surface area contributed by atoms with Crippen LogP contribution in [0.5, 0.6) is 0 Å². The van der Waals surface area contributed by atoms with Crippen LogP contribution in [-0.4, -0.2) is 36.8 Å². The summed E-state index contributed by atoms with van der Waals surface area (Å²) in [6.07, 6.45) is 0.604. The summed E-state index contributed by atoms with van der Waals surface area (Å²) >= 11 is 0. The molecule has 0 spiro atoms. The van der Waals surface area contributed by atoms with Crippen molar-refractivity contribution in [1.82, 2.24) is 10.6 Å². The van der Waals surface area contributed by atoms with Crippen molar-refractivity contribution in [2.24, 2.45) is 4.99 Å². The molecule has 0 amide bonds. The molecule has 0 aliphatic carbocycles. The fourth-order valence-corrected chi connectivity index (χ4v) is 2.51. The second kappa shape index (κ2) is 12.6. The van der Waals surface area contributed by atoms with Gasteiger partial charge in [0.15, 0.2) is 5.96 Å². The first-order chi connectivity index (χ1) is 12.2. The Balaban J connectivity index is 0.00000338. The van der Waals surface area contributed by atoms with E-state index in [1.54, 1.807) is 12.1 Å². The van der Waals surface area contributed by atoms with Gasteiger partial charge in [-0.3, -0.25) is 4.99 Å². The first-order valence-electron chi connectivity index (χ1n) is 8.66. The van der Waals surface area contributed by atoms with Gasteiger partial charge in [-0.2, -0.15) is 0 Å². The highest BCUT2D eigenvalue weighted by molar-refractivity contribution is 14.0. The highest BCUT2D eigenvalue weighted by Gasteiger charge is 2.06. The van der Waals surface area contributed by atoms with Gasteiger partial charge in [-0.15, -0.1) is 24.0 Å². The van der Waals surface area contributed by atoms with E-state index in [9.17, 15) is 9.50 Å². The Labute approximate surface area is 172 Å². The molecule has 0 saturated heterocycles. The quantitative estimate of drug-likeness (QED) is 0.315. The summed E-state index contributed by atoms with van der Waals surface area (Å²) in [5.41, 5.74) is 1.76. The molecule has 0 bridgehead atoms. The third kappa shape index (κ3) is 8.14. The molecule has 0 aliphatic rings. The highest BCUT2D eigenvalue weighted by Crippen LogP contribution is 2.06. The van der Waals surface area contributed by atoms with E-state index in [2.05, 4.69) is 15.6 Å². The Morgan fingerprint density at radius 1 is 1.08 bits per heavy atom. The molecule has 0 aromatic heterocycles. The summed E-state index contributed by atoms with van der Waals surface area (Å²) < 4.78 is 13.6. The van der Waals surface area contributed by atoms with E-state index < -0.39 is 6.10 Å². The lowest BCUT2D eigenvalue weighted by molar-refractivity contribution is 0.183.